The first-order valence-corrected chi connectivity index (χ1v) is 5.56. The molecule has 0 atom stereocenters. The monoisotopic (exact) mass is 197 g/mol. The molecule has 0 N–H and O–H groups in total. The molecule has 0 saturated heterocycles. The summed E-state index contributed by atoms with van der Waals surface area (Å²) in [6.07, 6.45) is 4.25. The summed E-state index contributed by atoms with van der Waals surface area (Å²) in [6, 6.07) is 0. The Morgan fingerprint density at radius 3 is 2.69 bits per heavy atom. The van der Waals surface area contributed by atoms with Crippen LogP contribution in [0.4, 0.5) is 0 Å². The van der Waals surface area contributed by atoms with Gasteiger partial charge in [0.1, 0.15) is 5.78 Å². The van der Waals surface area contributed by atoms with Crippen LogP contribution in [-0.2, 0) is 11.2 Å². The minimum absolute atomic E-state index is 0.238. The van der Waals surface area contributed by atoms with Gasteiger partial charge in [-0.2, -0.15) is 0 Å². The van der Waals surface area contributed by atoms with Crippen LogP contribution in [-0.4, -0.2) is 10.8 Å². The van der Waals surface area contributed by atoms with Crippen LogP contribution < -0.4 is 0 Å². The SMILES string of the molecule is CCC(CC)C(=O)Cc1cncs1. The molecule has 0 spiro atoms. The van der Waals surface area contributed by atoms with Gasteiger partial charge in [-0.05, 0) is 12.8 Å². The molecule has 0 saturated carbocycles. The third-order valence-electron chi connectivity index (χ3n) is 2.27. The highest BCUT2D eigenvalue weighted by molar-refractivity contribution is 7.09. The van der Waals surface area contributed by atoms with Gasteiger partial charge in [-0.15, -0.1) is 11.3 Å². The number of hydrogen-bond acceptors (Lipinski definition) is 3. The number of nitrogens with zero attached hydrogens (tertiary/aromatic N) is 1. The van der Waals surface area contributed by atoms with Gasteiger partial charge < -0.3 is 0 Å². The van der Waals surface area contributed by atoms with Crippen LogP contribution in [0.25, 0.3) is 0 Å². The highest BCUT2D eigenvalue weighted by atomic mass is 32.1. The first kappa shape index (κ1) is 10.4. The third kappa shape index (κ3) is 2.92. The molecule has 0 radical (unpaired) electrons. The number of carbonyl (C=O) groups is 1. The number of aromatic nitrogens is 1. The smallest absolute Gasteiger partial charge is 0.141 e. The molecule has 72 valence electrons. The number of Topliss-reactive ketones (excluding diaryl/α,β-unsaturated/α-hetero) is 1. The van der Waals surface area contributed by atoms with Crippen molar-refractivity contribution < 1.29 is 4.79 Å². The van der Waals surface area contributed by atoms with Crippen molar-refractivity contribution in [3.05, 3.63) is 16.6 Å². The normalized spacial score (nSPS) is 10.7. The Morgan fingerprint density at radius 1 is 1.54 bits per heavy atom. The zero-order chi connectivity index (χ0) is 9.68. The van der Waals surface area contributed by atoms with Crippen molar-refractivity contribution in [1.82, 2.24) is 4.98 Å². The molecule has 13 heavy (non-hydrogen) atoms. The number of rotatable bonds is 5. The van der Waals surface area contributed by atoms with E-state index >= 15 is 0 Å². The predicted octanol–water partition coefficient (Wildman–Crippen LogP) is 2.69. The van der Waals surface area contributed by atoms with Gasteiger partial charge in [-0.1, -0.05) is 13.8 Å². The molecule has 0 bridgehead atoms. The van der Waals surface area contributed by atoms with Crippen LogP contribution in [0.1, 0.15) is 31.6 Å². The van der Waals surface area contributed by atoms with Gasteiger partial charge in [0.05, 0.1) is 5.51 Å². The van der Waals surface area contributed by atoms with Crippen molar-refractivity contribution in [2.75, 3.05) is 0 Å². The molecule has 2 nitrogen and oxygen atoms in total. The van der Waals surface area contributed by atoms with E-state index in [4.69, 9.17) is 0 Å². The van der Waals surface area contributed by atoms with Crippen molar-refractivity contribution in [2.45, 2.75) is 33.1 Å². The maximum Gasteiger partial charge on any atom is 0.141 e. The molecule has 1 heterocycles. The Morgan fingerprint density at radius 2 is 2.23 bits per heavy atom. The Hall–Kier alpha value is -0.700. The molecule has 0 unspecified atom stereocenters. The molecular formula is C10H15NOS. The lowest BCUT2D eigenvalue weighted by molar-refractivity contribution is -0.122. The Kier molecular flexibility index (Phi) is 4.09. The van der Waals surface area contributed by atoms with Gasteiger partial charge in [0, 0.05) is 23.4 Å². The fourth-order valence-corrected chi connectivity index (χ4v) is 1.99. The van der Waals surface area contributed by atoms with E-state index in [2.05, 4.69) is 18.8 Å². The minimum Gasteiger partial charge on any atom is -0.299 e. The first-order valence-electron chi connectivity index (χ1n) is 4.68. The highest BCUT2D eigenvalue weighted by Crippen LogP contribution is 2.14. The summed E-state index contributed by atoms with van der Waals surface area (Å²) in [7, 11) is 0. The lowest BCUT2D eigenvalue weighted by atomic mass is 9.96. The van der Waals surface area contributed by atoms with Crippen LogP contribution >= 0.6 is 11.3 Å². The second kappa shape index (κ2) is 5.12. The Labute approximate surface area is 83.0 Å². The van der Waals surface area contributed by atoms with E-state index < -0.39 is 0 Å². The maximum atomic E-state index is 11.7. The summed E-state index contributed by atoms with van der Waals surface area (Å²) >= 11 is 1.56. The Balaban J connectivity index is 2.49. The van der Waals surface area contributed by atoms with Gasteiger partial charge in [0.25, 0.3) is 0 Å². The summed E-state index contributed by atoms with van der Waals surface area (Å²) < 4.78 is 0. The van der Waals surface area contributed by atoms with Crippen LogP contribution in [0, 0.1) is 5.92 Å². The van der Waals surface area contributed by atoms with Crippen molar-refractivity contribution in [3.63, 3.8) is 0 Å². The van der Waals surface area contributed by atoms with E-state index in [1.807, 2.05) is 0 Å². The highest BCUT2D eigenvalue weighted by Gasteiger charge is 2.14. The number of hydrogen-bond donors (Lipinski definition) is 0. The maximum absolute atomic E-state index is 11.7. The summed E-state index contributed by atoms with van der Waals surface area (Å²) in [5.41, 5.74) is 1.77. The zero-order valence-electron chi connectivity index (χ0n) is 8.12. The van der Waals surface area contributed by atoms with Gasteiger partial charge in [-0.3, -0.25) is 9.78 Å². The average Bonchev–Trinajstić information content (AvgIpc) is 2.59. The molecule has 3 heteroatoms. The van der Waals surface area contributed by atoms with Crippen molar-refractivity contribution in [1.29, 1.82) is 0 Å². The van der Waals surface area contributed by atoms with E-state index in [-0.39, 0.29) is 5.92 Å². The molecule has 0 fully saturated rings. The summed E-state index contributed by atoms with van der Waals surface area (Å²) in [4.78, 5) is 16.7. The van der Waals surface area contributed by atoms with Gasteiger partial charge >= 0.3 is 0 Å². The minimum atomic E-state index is 0.238. The fourth-order valence-electron chi connectivity index (χ4n) is 1.39. The number of carbonyl (C=O) groups excluding carboxylic acids is 1. The molecule has 1 aromatic rings. The van der Waals surface area contributed by atoms with Gasteiger partial charge in [0.2, 0.25) is 0 Å². The summed E-state index contributed by atoms with van der Waals surface area (Å²) in [5.74, 6) is 0.594. The largest absolute Gasteiger partial charge is 0.299 e. The quantitative estimate of drug-likeness (QED) is 0.726. The standard InChI is InChI=1S/C10H15NOS/c1-3-8(4-2)10(12)5-9-6-11-7-13-9/h6-8H,3-5H2,1-2H3. The second-order valence-electron chi connectivity index (χ2n) is 3.12. The topological polar surface area (TPSA) is 30.0 Å². The molecule has 0 aliphatic rings. The molecule has 0 aromatic carbocycles. The summed E-state index contributed by atoms with van der Waals surface area (Å²) in [6.45, 7) is 4.14. The van der Waals surface area contributed by atoms with Crippen LogP contribution in [0.3, 0.4) is 0 Å². The summed E-state index contributed by atoms with van der Waals surface area (Å²) in [5, 5.41) is 0. The number of thiazole rings is 1. The zero-order valence-corrected chi connectivity index (χ0v) is 8.93. The lowest BCUT2D eigenvalue weighted by Crippen LogP contribution is -2.14. The fraction of sp³-hybridized carbons (Fsp3) is 0.600. The molecule has 0 aliphatic heterocycles. The average molecular weight is 197 g/mol. The third-order valence-corrected chi connectivity index (χ3v) is 3.05. The molecule has 1 rings (SSSR count). The first-order chi connectivity index (χ1) is 6.27. The van der Waals surface area contributed by atoms with Gasteiger partial charge in [-0.25, -0.2) is 0 Å². The van der Waals surface area contributed by atoms with E-state index in [0.717, 1.165) is 17.7 Å². The van der Waals surface area contributed by atoms with Crippen LogP contribution in [0.2, 0.25) is 0 Å². The lowest BCUT2D eigenvalue weighted by Gasteiger charge is -2.09. The second-order valence-corrected chi connectivity index (χ2v) is 4.10. The molecular weight excluding hydrogens is 182 g/mol. The van der Waals surface area contributed by atoms with Gasteiger partial charge in [0.15, 0.2) is 0 Å². The van der Waals surface area contributed by atoms with Crippen molar-refractivity contribution in [2.24, 2.45) is 5.92 Å². The van der Waals surface area contributed by atoms with E-state index in [9.17, 15) is 4.79 Å². The Bertz CT molecular complexity index is 252. The molecule has 1 aromatic heterocycles. The van der Waals surface area contributed by atoms with E-state index in [1.54, 1.807) is 23.0 Å². The van der Waals surface area contributed by atoms with Crippen LogP contribution in [0.15, 0.2) is 11.7 Å². The van der Waals surface area contributed by atoms with Crippen molar-refractivity contribution in [3.8, 4) is 0 Å². The predicted molar refractivity (Wildman–Crippen MR) is 54.9 cm³/mol. The van der Waals surface area contributed by atoms with Crippen LogP contribution in [0.5, 0.6) is 0 Å². The van der Waals surface area contributed by atoms with E-state index in [0.29, 0.717) is 12.2 Å². The van der Waals surface area contributed by atoms with Crippen molar-refractivity contribution >= 4 is 17.1 Å². The number of ketones is 1. The van der Waals surface area contributed by atoms with E-state index in [1.165, 1.54) is 0 Å². The molecule has 0 aliphatic carbocycles. The molecule has 0 amide bonds.